The number of aromatic carboxylic acids is 1. The van der Waals surface area contributed by atoms with E-state index in [1.807, 2.05) is 0 Å². The fourth-order valence-electron chi connectivity index (χ4n) is 2.50. The van der Waals surface area contributed by atoms with Crippen LogP contribution in [0.1, 0.15) is 21.5 Å². The lowest BCUT2D eigenvalue weighted by Crippen LogP contribution is -2.39. The Morgan fingerprint density at radius 1 is 1.48 bits per heavy atom. The Labute approximate surface area is 119 Å². The van der Waals surface area contributed by atoms with E-state index >= 15 is 0 Å². The molecular formula is C14H13F3N2O2. The summed E-state index contributed by atoms with van der Waals surface area (Å²) in [6.07, 6.45) is -4.17. The smallest absolute Gasteiger partial charge is 0.405 e. The van der Waals surface area contributed by atoms with E-state index in [1.165, 1.54) is 17.0 Å². The Kier molecular flexibility index (Phi) is 4.19. The van der Waals surface area contributed by atoms with Crippen LogP contribution < -0.4 is 0 Å². The van der Waals surface area contributed by atoms with Gasteiger partial charge in [0.25, 0.3) is 0 Å². The van der Waals surface area contributed by atoms with E-state index in [0.29, 0.717) is 24.1 Å². The quantitative estimate of drug-likeness (QED) is 0.931. The molecule has 1 unspecified atom stereocenters. The van der Waals surface area contributed by atoms with Gasteiger partial charge in [-0.15, -0.1) is 0 Å². The molecule has 112 valence electrons. The summed E-state index contributed by atoms with van der Waals surface area (Å²) < 4.78 is 37.8. The van der Waals surface area contributed by atoms with Crippen molar-refractivity contribution in [2.75, 3.05) is 13.1 Å². The molecule has 21 heavy (non-hydrogen) atoms. The van der Waals surface area contributed by atoms with Crippen LogP contribution in [0.25, 0.3) is 0 Å². The van der Waals surface area contributed by atoms with Crippen molar-refractivity contribution < 1.29 is 23.1 Å². The number of nitrogens with zero attached hydrogens (tertiary/aromatic N) is 2. The lowest BCUT2D eigenvalue weighted by molar-refractivity contribution is -0.163. The predicted molar refractivity (Wildman–Crippen MR) is 67.5 cm³/mol. The van der Waals surface area contributed by atoms with E-state index in [2.05, 4.69) is 0 Å². The molecule has 0 radical (unpaired) electrons. The van der Waals surface area contributed by atoms with Crippen LogP contribution in [-0.2, 0) is 13.0 Å². The van der Waals surface area contributed by atoms with Gasteiger partial charge in [0.15, 0.2) is 5.92 Å². The number of carboxylic acid groups (broad SMARTS) is 1. The first-order chi connectivity index (χ1) is 9.82. The molecule has 4 nitrogen and oxygen atoms in total. The summed E-state index contributed by atoms with van der Waals surface area (Å²) in [7, 11) is 0. The molecule has 1 atom stereocenters. The number of fused-ring (bicyclic) bond motifs is 1. The maximum Gasteiger partial charge on any atom is 0.405 e. The van der Waals surface area contributed by atoms with Gasteiger partial charge in [-0.1, -0.05) is 12.1 Å². The molecule has 1 aromatic carbocycles. The summed E-state index contributed by atoms with van der Waals surface area (Å²) in [5.41, 5.74) is 1.57. The topological polar surface area (TPSA) is 64.3 Å². The lowest BCUT2D eigenvalue weighted by Gasteiger charge is -2.31. The molecule has 0 fully saturated rings. The van der Waals surface area contributed by atoms with Crippen LogP contribution in [-0.4, -0.2) is 35.2 Å². The Hall–Kier alpha value is -2.07. The number of carbonyl (C=O) groups is 1. The van der Waals surface area contributed by atoms with Crippen LogP contribution in [0, 0.1) is 17.2 Å². The molecule has 1 aromatic rings. The molecule has 1 heterocycles. The van der Waals surface area contributed by atoms with E-state index < -0.39 is 24.6 Å². The monoisotopic (exact) mass is 298 g/mol. The van der Waals surface area contributed by atoms with Crippen molar-refractivity contribution in [3.8, 4) is 6.07 Å². The molecule has 1 N–H and O–H groups in total. The van der Waals surface area contributed by atoms with Crippen LogP contribution in [0.5, 0.6) is 0 Å². The lowest BCUT2D eigenvalue weighted by atomic mass is 9.94. The summed E-state index contributed by atoms with van der Waals surface area (Å²) >= 11 is 0. The molecule has 0 saturated heterocycles. The van der Waals surface area contributed by atoms with Gasteiger partial charge >= 0.3 is 12.1 Å². The first-order valence-electron chi connectivity index (χ1n) is 6.35. The van der Waals surface area contributed by atoms with Crippen LogP contribution in [0.4, 0.5) is 13.2 Å². The minimum Gasteiger partial charge on any atom is -0.478 e. The molecule has 0 spiro atoms. The zero-order chi connectivity index (χ0) is 15.6. The third-order valence-electron chi connectivity index (χ3n) is 3.57. The summed E-state index contributed by atoms with van der Waals surface area (Å²) in [6, 6.07) is 6.06. The number of halogens is 3. The number of carboxylic acids is 1. The fourth-order valence-corrected chi connectivity index (χ4v) is 2.50. The van der Waals surface area contributed by atoms with Gasteiger partial charge < -0.3 is 5.11 Å². The van der Waals surface area contributed by atoms with Gasteiger partial charge in [-0.2, -0.15) is 18.4 Å². The molecule has 1 aliphatic heterocycles. The van der Waals surface area contributed by atoms with Gasteiger partial charge in [0.2, 0.25) is 0 Å². The standard InChI is InChI=1S/C14H13F3N2O2/c15-14(16,17)10(6-18)8-19-5-4-11-9(7-19)2-1-3-12(11)13(20)21/h1-3,10H,4-5,7-8H2,(H,20,21). The first kappa shape index (κ1) is 15.3. The van der Waals surface area contributed by atoms with E-state index in [9.17, 15) is 18.0 Å². The predicted octanol–water partition coefficient (Wildman–Crippen LogP) is 2.44. The van der Waals surface area contributed by atoms with Gasteiger partial charge in [-0.05, 0) is 23.6 Å². The van der Waals surface area contributed by atoms with E-state index in [1.54, 1.807) is 12.1 Å². The van der Waals surface area contributed by atoms with Crippen LogP contribution in [0.15, 0.2) is 18.2 Å². The third-order valence-corrected chi connectivity index (χ3v) is 3.57. The van der Waals surface area contributed by atoms with Crippen molar-refractivity contribution in [3.63, 3.8) is 0 Å². The normalized spacial score (nSPS) is 16.9. The second kappa shape index (κ2) is 5.74. The van der Waals surface area contributed by atoms with Crippen LogP contribution >= 0.6 is 0 Å². The van der Waals surface area contributed by atoms with Gasteiger partial charge in [0.05, 0.1) is 11.6 Å². The van der Waals surface area contributed by atoms with E-state index in [0.717, 1.165) is 0 Å². The Morgan fingerprint density at radius 2 is 2.19 bits per heavy atom. The molecule has 0 saturated carbocycles. The number of rotatable bonds is 3. The number of benzene rings is 1. The van der Waals surface area contributed by atoms with Crippen molar-refractivity contribution in [1.82, 2.24) is 4.90 Å². The highest BCUT2D eigenvalue weighted by atomic mass is 19.4. The zero-order valence-electron chi connectivity index (χ0n) is 11.0. The Bertz CT molecular complexity index is 593. The maximum atomic E-state index is 12.6. The highest BCUT2D eigenvalue weighted by Crippen LogP contribution is 2.29. The van der Waals surface area contributed by atoms with Gasteiger partial charge in [0, 0.05) is 19.6 Å². The Morgan fingerprint density at radius 3 is 2.76 bits per heavy atom. The number of hydrogen-bond acceptors (Lipinski definition) is 3. The average molecular weight is 298 g/mol. The highest BCUT2D eigenvalue weighted by Gasteiger charge is 2.41. The fraction of sp³-hybridized carbons (Fsp3) is 0.429. The molecule has 7 heteroatoms. The first-order valence-corrected chi connectivity index (χ1v) is 6.35. The van der Waals surface area contributed by atoms with Gasteiger partial charge in [-0.3, -0.25) is 4.90 Å². The summed E-state index contributed by atoms with van der Waals surface area (Å²) in [5.74, 6) is -3.06. The van der Waals surface area contributed by atoms with Crippen molar-refractivity contribution in [2.24, 2.45) is 5.92 Å². The average Bonchev–Trinajstić information content (AvgIpc) is 2.42. The molecular weight excluding hydrogens is 285 g/mol. The molecule has 0 bridgehead atoms. The van der Waals surface area contributed by atoms with E-state index in [-0.39, 0.29) is 12.1 Å². The SMILES string of the molecule is N#CC(CN1CCc2c(cccc2C(=O)O)C1)C(F)(F)F. The summed E-state index contributed by atoms with van der Waals surface area (Å²) in [4.78, 5) is 12.6. The zero-order valence-corrected chi connectivity index (χ0v) is 11.0. The van der Waals surface area contributed by atoms with Gasteiger partial charge in [-0.25, -0.2) is 4.79 Å². The molecule has 0 aromatic heterocycles. The highest BCUT2D eigenvalue weighted by molar-refractivity contribution is 5.89. The molecule has 0 aliphatic carbocycles. The summed E-state index contributed by atoms with van der Waals surface area (Å²) in [5, 5.41) is 17.7. The summed E-state index contributed by atoms with van der Waals surface area (Å²) in [6.45, 7) is 0.146. The minimum atomic E-state index is -4.54. The maximum absolute atomic E-state index is 12.6. The van der Waals surface area contributed by atoms with Crippen LogP contribution in [0.3, 0.4) is 0 Å². The Balaban J connectivity index is 2.16. The third kappa shape index (κ3) is 3.34. The number of hydrogen-bond donors (Lipinski definition) is 1. The molecule has 0 amide bonds. The number of alkyl halides is 3. The van der Waals surface area contributed by atoms with Gasteiger partial charge in [0.1, 0.15) is 0 Å². The molecule has 1 aliphatic rings. The van der Waals surface area contributed by atoms with Crippen molar-refractivity contribution >= 4 is 5.97 Å². The second-order valence-corrected chi connectivity index (χ2v) is 4.96. The van der Waals surface area contributed by atoms with Crippen molar-refractivity contribution in [1.29, 1.82) is 5.26 Å². The largest absolute Gasteiger partial charge is 0.478 e. The van der Waals surface area contributed by atoms with Crippen molar-refractivity contribution in [2.45, 2.75) is 19.1 Å². The van der Waals surface area contributed by atoms with Crippen LogP contribution in [0.2, 0.25) is 0 Å². The minimum absolute atomic E-state index is 0.194. The van der Waals surface area contributed by atoms with Crippen molar-refractivity contribution in [3.05, 3.63) is 34.9 Å². The molecule has 2 rings (SSSR count). The second-order valence-electron chi connectivity index (χ2n) is 4.96. The number of nitriles is 1. The van der Waals surface area contributed by atoms with E-state index in [4.69, 9.17) is 10.4 Å².